The molecule has 0 aliphatic heterocycles. The van der Waals surface area contributed by atoms with Crippen molar-refractivity contribution in [2.45, 2.75) is 44.2 Å². The first kappa shape index (κ1) is 28.0. The number of ether oxygens (including phenoxy) is 4. The largest absolute Gasteiger partial charge is 0.388 e. The van der Waals surface area contributed by atoms with Crippen LogP contribution in [0.25, 0.3) is 0 Å². The van der Waals surface area contributed by atoms with Crippen LogP contribution in [0.3, 0.4) is 0 Å². The van der Waals surface area contributed by atoms with Gasteiger partial charge < -0.3 is 18.9 Å². The zero-order valence-corrected chi connectivity index (χ0v) is 23.3. The standard InChI is InChI=1S/C16H20O2Si.C11H24O2Si/c1-17-13-19(14-18-2,15-9-5-3-6-10-15)16-11-7-4-8-12-16;1-12-9-14(3,10-13-2)11-7-5-4-6-8-11/h3-12H,13-14H2,1-2H3;11H,4-10H2,1-3H3. The van der Waals surface area contributed by atoms with E-state index in [-0.39, 0.29) is 0 Å². The quantitative estimate of drug-likeness (QED) is 0.440. The molecule has 2 aromatic carbocycles. The van der Waals surface area contributed by atoms with E-state index in [1.54, 1.807) is 14.2 Å². The molecule has 0 unspecified atom stereocenters. The Morgan fingerprint density at radius 1 is 0.606 bits per heavy atom. The molecule has 0 spiro atoms. The van der Waals surface area contributed by atoms with Gasteiger partial charge in [0, 0.05) is 40.9 Å². The monoisotopic (exact) mass is 488 g/mol. The minimum absolute atomic E-state index is 0.731. The summed E-state index contributed by atoms with van der Waals surface area (Å²) in [5, 5.41) is 2.70. The van der Waals surface area contributed by atoms with Crippen LogP contribution < -0.4 is 10.4 Å². The van der Waals surface area contributed by atoms with Gasteiger partial charge in [-0.3, -0.25) is 0 Å². The number of hydrogen-bond donors (Lipinski definition) is 0. The van der Waals surface area contributed by atoms with Crippen molar-refractivity contribution in [2.75, 3.05) is 53.4 Å². The maximum absolute atomic E-state index is 5.55. The van der Waals surface area contributed by atoms with Crippen LogP contribution in [0.5, 0.6) is 0 Å². The van der Waals surface area contributed by atoms with E-state index in [1.807, 2.05) is 26.4 Å². The predicted molar refractivity (Wildman–Crippen MR) is 144 cm³/mol. The molecule has 0 atom stereocenters. The van der Waals surface area contributed by atoms with E-state index in [4.69, 9.17) is 18.9 Å². The molecule has 3 rings (SSSR count). The van der Waals surface area contributed by atoms with E-state index in [1.165, 1.54) is 42.5 Å². The average Bonchev–Trinajstić information content (AvgIpc) is 2.86. The summed E-state index contributed by atoms with van der Waals surface area (Å²) in [5.41, 5.74) is 0.927. The number of benzene rings is 2. The fourth-order valence-electron chi connectivity index (χ4n) is 5.29. The molecule has 0 saturated heterocycles. The van der Waals surface area contributed by atoms with Gasteiger partial charge >= 0.3 is 0 Å². The van der Waals surface area contributed by atoms with Gasteiger partial charge in [-0.1, -0.05) is 99.3 Å². The first-order valence-electron chi connectivity index (χ1n) is 12.1. The molecule has 33 heavy (non-hydrogen) atoms. The molecule has 0 radical (unpaired) electrons. The van der Waals surface area contributed by atoms with Gasteiger partial charge in [-0.2, -0.15) is 0 Å². The van der Waals surface area contributed by atoms with Gasteiger partial charge in [-0.15, -0.1) is 0 Å². The van der Waals surface area contributed by atoms with E-state index >= 15 is 0 Å². The van der Waals surface area contributed by atoms with E-state index < -0.39 is 16.1 Å². The lowest BCUT2D eigenvalue weighted by Gasteiger charge is -2.37. The summed E-state index contributed by atoms with van der Waals surface area (Å²) >= 11 is 0. The van der Waals surface area contributed by atoms with Gasteiger partial charge in [0.2, 0.25) is 0 Å². The molecule has 1 fully saturated rings. The van der Waals surface area contributed by atoms with Crippen molar-refractivity contribution < 1.29 is 18.9 Å². The summed E-state index contributed by atoms with van der Waals surface area (Å²) in [6.45, 7) is 2.44. The van der Waals surface area contributed by atoms with Crippen LogP contribution in [-0.2, 0) is 18.9 Å². The second kappa shape index (κ2) is 14.9. The molecule has 0 aromatic heterocycles. The van der Waals surface area contributed by atoms with Gasteiger partial charge in [-0.25, -0.2) is 0 Å². The lowest BCUT2D eigenvalue weighted by molar-refractivity contribution is 0.211. The van der Waals surface area contributed by atoms with E-state index in [2.05, 4.69) is 55.1 Å². The molecule has 2 aromatic rings. The Balaban J connectivity index is 0.000000245. The molecule has 0 N–H and O–H groups in total. The molecular formula is C27H44O4Si2. The van der Waals surface area contributed by atoms with Crippen molar-refractivity contribution in [3.63, 3.8) is 0 Å². The molecule has 0 heterocycles. The molecule has 1 aliphatic rings. The van der Waals surface area contributed by atoms with Gasteiger partial charge in [0.1, 0.15) is 8.07 Å². The summed E-state index contributed by atoms with van der Waals surface area (Å²) in [6, 6.07) is 21.2. The maximum atomic E-state index is 5.55. The van der Waals surface area contributed by atoms with Gasteiger partial charge in [0.15, 0.2) is 8.07 Å². The highest BCUT2D eigenvalue weighted by Crippen LogP contribution is 2.37. The van der Waals surface area contributed by atoms with Gasteiger partial charge in [0.25, 0.3) is 0 Å². The Morgan fingerprint density at radius 3 is 1.36 bits per heavy atom. The number of hydrogen-bond acceptors (Lipinski definition) is 4. The number of rotatable bonds is 11. The van der Waals surface area contributed by atoms with Crippen LogP contribution in [0.1, 0.15) is 32.1 Å². The maximum Gasteiger partial charge on any atom is 0.171 e. The molecule has 0 amide bonds. The zero-order valence-electron chi connectivity index (χ0n) is 21.3. The zero-order chi connectivity index (χ0) is 24.0. The molecule has 4 nitrogen and oxygen atoms in total. The third kappa shape index (κ3) is 7.87. The normalized spacial score (nSPS) is 15.1. The average molecular weight is 489 g/mol. The minimum Gasteiger partial charge on any atom is -0.388 e. The summed E-state index contributed by atoms with van der Waals surface area (Å²) in [7, 11) is 3.90. The first-order chi connectivity index (χ1) is 16.1. The molecule has 1 aliphatic carbocycles. The Kier molecular flexibility index (Phi) is 12.6. The van der Waals surface area contributed by atoms with Crippen molar-refractivity contribution in [3.8, 4) is 0 Å². The number of methoxy groups -OCH3 is 4. The predicted octanol–water partition coefficient (Wildman–Crippen LogP) is 4.39. The second-order valence-electron chi connectivity index (χ2n) is 9.54. The fourth-order valence-corrected chi connectivity index (χ4v) is 12.7. The van der Waals surface area contributed by atoms with Crippen molar-refractivity contribution in [1.29, 1.82) is 0 Å². The molecular weight excluding hydrogens is 444 g/mol. The lowest BCUT2D eigenvalue weighted by atomic mass is 10.0. The van der Waals surface area contributed by atoms with Crippen LogP contribution in [-0.4, -0.2) is 69.5 Å². The third-order valence-electron chi connectivity index (χ3n) is 6.97. The summed E-state index contributed by atoms with van der Waals surface area (Å²) < 4.78 is 21.9. The van der Waals surface area contributed by atoms with Crippen LogP contribution in [0.4, 0.5) is 0 Å². The van der Waals surface area contributed by atoms with Crippen molar-refractivity contribution >= 4 is 26.5 Å². The summed E-state index contributed by atoms with van der Waals surface area (Å²) in [4.78, 5) is 0. The Labute approximate surface area is 203 Å². The summed E-state index contributed by atoms with van der Waals surface area (Å²) in [6.07, 6.45) is 10.5. The highest BCUT2D eigenvalue weighted by molar-refractivity contribution is 7.02. The first-order valence-corrected chi connectivity index (χ1v) is 17.5. The van der Waals surface area contributed by atoms with Crippen molar-refractivity contribution in [1.82, 2.24) is 0 Å². The summed E-state index contributed by atoms with van der Waals surface area (Å²) in [5.74, 6) is 0. The van der Waals surface area contributed by atoms with Crippen molar-refractivity contribution in [2.24, 2.45) is 0 Å². The topological polar surface area (TPSA) is 36.9 Å². The van der Waals surface area contributed by atoms with Gasteiger partial charge in [0.05, 0.1) is 12.5 Å². The van der Waals surface area contributed by atoms with Crippen LogP contribution in [0.2, 0.25) is 12.1 Å². The van der Waals surface area contributed by atoms with Crippen LogP contribution >= 0.6 is 0 Å². The lowest BCUT2D eigenvalue weighted by Crippen LogP contribution is -2.65. The Bertz CT molecular complexity index is 698. The molecule has 6 heteroatoms. The smallest absolute Gasteiger partial charge is 0.171 e. The van der Waals surface area contributed by atoms with Crippen LogP contribution in [0.15, 0.2) is 60.7 Å². The SMILES string of the molecule is COC[Si](C)(COC)C1CCCCC1.COC[Si](COC)(c1ccccc1)c1ccccc1. The van der Waals surface area contributed by atoms with E-state index in [9.17, 15) is 0 Å². The highest BCUT2D eigenvalue weighted by atomic mass is 28.3. The third-order valence-corrected chi connectivity index (χ3v) is 15.9. The van der Waals surface area contributed by atoms with Crippen LogP contribution in [0, 0.1) is 0 Å². The van der Waals surface area contributed by atoms with Crippen molar-refractivity contribution in [3.05, 3.63) is 60.7 Å². The van der Waals surface area contributed by atoms with E-state index in [0.29, 0.717) is 0 Å². The molecule has 184 valence electrons. The van der Waals surface area contributed by atoms with Gasteiger partial charge in [-0.05, 0) is 15.9 Å². The fraction of sp³-hybridized carbons (Fsp3) is 0.556. The highest BCUT2D eigenvalue weighted by Gasteiger charge is 2.38. The minimum atomic E-state index is -1.99. The molecule has 1 saturated carbocycles. The van der Waals surface area contributed by atoms with E-state index in [0.717, 1.165) is 30.5 Å². The Hall–Kier alpha value is -1.29. The second-order valence-corrected chi connectivity index (χ2v) is 18.1. The molecule has 0 bridgehead atoms. The Morgan fingerprint density at radius 2 is 1.00 bits per heavy atom.